The van der Waals surface area contributed by atoms with Gasteiger partial charge in [0, 0.05) is 24.8 Å². The highest BCUT2D eigenvalue weighted by Gasteiger charge is 2.23. The van der Waals surface area contributed by atoms with Crippen LogP contribution in [0.3, 0.4) is 0 Å². The average Bonchev–Trinajstić information content (AvgIpc) is 2.26. The minimum Gasteiger partial charge on any atom is -0.394 e. The van der Waals surface area contributed by atoms with Crippen molar-refractivity contribution >= 4 is 0 Å². The third-order valence-corrected chi connectivity index (χ3v) is 2.61. The van der Waals surface area contributed by atoms with E-state index in [1.165, 1.54) is 0 Å². The fourth-order valence-corrected chi connectivity index (χ4v) is 1.73. The Balaban J connectivity index is 3.56. The normalized spacial score (nSPS) is 15.3. The summed E-state index contributed by atoms with van der Waals surface area (Å²) in [4.78, 5) is 0. The highest BCUT2D eigenvalue weighted by molar-refractivity contribution is 4.83. The lowest BCUT2D eigenvalue weighted by Crippen LogP contribution is -2.49. The Morgan fingerprint density at radius 2 is 1.67 bits per heavy atom. The molecule has 0 aliphatic heterocycles. The van der Waals surface area contributed by atoms with Gasteiger partial charge < -0.3 is 19.9 Å². The van der Waals surface area contributed by atoms with Gasteiger partial charge in [-0.2, -0.15) is 0 Å². The second-order valence-electron chi connectivity index (χ2n) is 5.85. The molecule has 0 bridgehead atoms. The molecule has 0 radical (unpaired) electrons. The van der Waals surface area contributed by atoms with E-state index < -0.39 is 0 Å². The molecule has 0 spiro atoms. The summed E-state index contributed by atoms with van der Waals surface area (Å²) in [5.41, 5.74) is -0.257. The zero-order valence-corrected chi connectivity index (χ0v) is 12.7. The van der Waals surface area contributed by atoms with E-state index in [9.17, 15) is 5.11 Å². The standard InChI is InChI=1S/C14H31NO3/c1-12(2)10-18-9-8-17-7-6-14(5,11-16)15-13(3)4/h12-13,15-16H,6-11H2,1-5H3. The highest BCUT2D eigenvalue weighted by Crippen LogP contribution is 2.10. The maximum absolute atomic E-state index is 9.39. The molecule has 1 atom stereocenters. The van der Waals surface area contributed by atoms with E-state index in [0.717, 1.165) is 13.0 Å². The van der Waals surface area contributed by atoms with Gasteiger partial charge in [0.1, 0.15) is 0 Å². The van der Waals surface area contributed by atoms with Crippen LogP contribution in [0.1, 0.15) is 41.0 Å². The Labute approximate surface area is 112 Å². The third kappa shape index (κ3) is 9.83. The largest absolute Gasteiger partial charge is 0.394 e. The molecule has 110 valence electrons. The first-order valence-corrected chi connectivity index (χ1v) is 6.93. The van der Waals surface area contributed by atoms with E-state index >= 15 is 0 Å². The number of ether oxygens (including phenoxy) is 2. The maximum atomic E-state index is 9.39. The van der Waals surface area contributed by atoms with Crippen LogP contribution in [0.25, 0.3) is 0 Å². The average molecular weight is 261 g/mol. The summed E-state index contributed by atoms with van der Waals surface area (Å²) >= 11 is 0. The van der Waals surface area contributed by atoms with Crippen molar-refractivity contribution in [1.82, 2.24) is 5.32 Å². The molecule has 0 aliphatic rings. The van der Waals surface area contributed by atoms with Crippen LogP contribution < -0.4 is 5.32 Å². The van der Waals surface area contributed by atoms with Gasteiger partial charge in [-0.1, -0.05) is 27.7 Å². The second kappa shape index (κ2) is 9.73. The summed E-state index contributed by atoms with van der Waals surface area (Å²) in [6.07, 6.45) is 0.797. The first kappa shape index (κ1) is 17.8. The molecule has 1 unspecified atom stereocenters. The lowest BCUT2D eigenvalue weighted by atomic mass is 9.98. The summed E-state index contributed by atoms with van der Waals surface area (Å²) in [6.45, 7) is 13.2. The molecule has 0 saturated heterocycles. The molecule has 2 N–H and O–H groups in total. The molecular weight excluding hydrogens is 230 g/mol. The van der Waals surface area contributed by atoms with Crippen LogP contribution in [0.5, 0.6) is 0 Å². The lowest BCUT2D eigenvalue weighted by molar-refractivity contribution is 0.0259. The van der Waals surface area contributed by atoms with Crippen molar-refractivity contribution in [3.05, 3.63) is 0 Å². The monoisotopic (exact) mass is 261 g/mol. The van der Waals surface area contributed by atoms with Crippen LogP contribution in [-0.4, -0.2) is 49.7 Å². The predicted molar refractivity (Wildman–Crippen MR) is 74.9 cm³/mol. The van der Waals surface area contributed by atoms with Crippen molar-refractivity contribution in [2.75, 3.05) is 33.0 Å². The first-order chi connectivity index (χ1) is 8.39. The van der Waals surface area contributed by atoms with E-state index in [0.29, 0.717) is 31.8 Å². The summed E-state index contributed by atoms with van der Waals surface area (Å²) < 4.78 is 10.9. The molecule has 18 heavy (non-hydrogen) atoms. The van der Waals surface area contributed by atoms with Crippen molar-refractivity contribution in [3.8, 4) is 0 Å². The lowest BCUT2D eigenvalue weighted by Gasteiger charge is -2.31. The summed E-state index contributed by atoms with van der Waals surface area (Å²) in [7, 11) is 0. The van der Waals surface area contributed by atoms with Gasteiger partial charge in [0.15, 0.2) is 0 Å². The van der Waals surface area contributed by atoms with Gasteiger partial charge in [0.05, 0.1) is 19.8 Å². The minimum atomic E-state index is -0.257. The molecule has 0 aromatic heterocycles. The SMILES string of the molecule is CC(C)COCCOCCC(C)(CO)NC(C)C. The van der Waals surface area contributed by atoms with Crippen molar-refractivity contribution in [2.45, 2.75) is 52.6 Å². The summed E-state index contributed by atoms with van der Waals surface area (Å²) in [5, 5.41) is 12.8. The zero-order valence-electron chi connectivity index (χ0n) is 12.7. The van der Waals surface area contributed by atoms with Gasteiger partial charge in [-0.3, -0.25) is 0 Å². The number of hydrogen-bond donors (Lipinski definition) is 2. The number of nitrogens with one attached hydrogen (secondary N) is 1. The van der Waals surface area contributed by atoms with E-state index in [1.54, 1.807) is 0 Å². The van der Waals surface area contributed by atoms with Gasteiger partial charge in [-0.05, 0) is 19.3 Å². The molecule has 4 nitrogen and oxygen atoms in total. The molecule has 0 saturated carbocycles. The molecule has 0 heterocycles. The van der Waals surface area contributed by atoms with Crippen LogP contribution in [-0.2, 0) is 9.47 Å². The molecule has 0 amide bonds. The fraction of sp³-hybridized carbons (Fsp3) is 1.00. The van der Waals surface area contributed by atoms with E-state index in [-0.39, 0.29) is 12.1 Å². The van der Waals surface area contributed by atoms with Crippen molar-refractivity contribution in [2.24, 2.45) is 5.92 Å². The van der Waals surface area contributed by atoms with E-state index in [2.05, 4.69) is 33.0 Å². The number of rotatable bonds is 11. The Morgan fingerprint density at radius 3 is 2.17 bits per heavy atom. The summed E-state index contributed by atoms with van der Waals surface area (Å²) in [5.74, 6) is 0.568. The van der Waals surface area contributed by atoms with E-state index in [4.69, 9.17) is 9.47 Å². The Kier molecular flexibility index (Phi) is 9.64. The Morgan fingerprint density at radius 1 is 1.06 bits per heavy atom. The van der Waals surface area contributed by atoms with Crippen molar-refractivity contribution in [3.63, 3.8) is 0 Å². The van der Waals surface area contributed by atoms with Crippen LogP contribution >= 0.6 is 0 Å². The minimum absolute atomic E-state index is 0.123. The number of aliphatic hydroxyl groups excluding tert-OH is 1. The van der Waals surface area contributed by atoms with E-state index in [1.807, 2.05) is 6.92 Å². The van der Waals surface area contributed by atoms with Gasteiger partial charge >= 0.3 is 0 Å². The van der Waals surface area contributed by atoms with Crippen molar-refractivity contribution in [1.29, 1.82) is 0 Å². The molecule has 4 heteroatoms. The molecule has 0 aromatic rings. The first-order valence-electron chi connectivity index (χ1n) is 6.93. The van der Waals surface area contributed by atoms with Gasteiger partial charge in [-0.25, -0.2) is 0 Å². The van der Waals surface area contributed by atoms with Gasteiger partial charge in [-0.15, -0.1) is 0 Å². The van der Waals surface area contributed by atoms with Gasteiger partial charge in [0.25, 0.3) is 0 Å². The van der Waals surface area contributed by atoms with Crippen LogP contribution in [0.15, 0.2) is 0 Å². The Hall–Kier alpha value is -0.160. The molecule has 0 fully saturated rings. The van der Waals surface area contributed by atoms with Crippen LogP contribution in [0.4, 0.5) is 0 Å². The molecule has 0 rings (SSSR count). The third-order valence-electron chi connectivity index (χ3n) is 2.61. The second-order valence-corrected chi connectivity index (χ2v) is 5.85. The maximum Gasteiger partial charge on any atom is 0.0700 e. The highest BCUT2D eigenvalue weighted by atomic mass is 16.5. The van der Waals surface area contributed by atoms with Crippen molar-refractivity contribution < 1.29 is 14.6 Å². The quantitative estimate of drug-likeness (QED) is 0.557. The predicted octanol–water partition coefficient (Wildman–Crippen LogP) is 1.81. The molecular formula is C14H31NO3. The number of aliphatic hydroxyl groups is 1. The Bertz CT molecular complexity index is 197. The zero-order chi connectivity index (χ0) is 14.0. The smallest absolute Gasteiger partial charge is 0.0700 e. The van der Waals surface area contributed by atoms with Gasteiger partial charge in [0.2, 0.25) is 0 Å². The molecule has 0 aromatic carbocycles. The summed E-state index contributed by atoms with van der Waals surface area (Å²) in [6, 6.07) is 0.358. The van der Waals surface area contributed by atoms with Crippen LogP contribution in [0.2, 0.25) is 0 Å². The fourth-order valence-electron chi connectivity index (χ4n) is 1.73. The van der Waals surface area contributed by atoms with Crippen LogP contribution in [0, 0.1) is 5.92 Å². The topological polar surface area (TPSA) is 50.7 Å². The molecule has 0 aliphatic carbocycles. The number of hydrogen-bond acceptors (Lipinski definition) is 4.